The molecule has 0 spiro atoms. The molecule has 0 N–H and O–H groups in total. The number of nitrogens with zero attached hydrogens (tertiary/aromatic N) is 1. The minimum absolute atomic E-state index is 0.511. The molecule has 0 radical (unpaired) electrons. The predicted molar refractivity (Wildman–Crippen MR) is 270 cm³/mol. The van der Waals surface area contributed by atoms with E-state index in [2.05, 4.69) is 266 Å². The first-order valence-electron chi connectivity index (χ1n) is 22.2. The van der Waals surface area contributed by atoms with Crippen LogP contribution >= 0.6 is 0 Å². The molecule has 300 valence electrons. The van der Waals surface area contributed by atoms with Crippen LogP contribution in [0.5, 0.6) is 0 Å². The summed E-state index contributed by atoms with van der Waals surface area (Å²) in [5, 5.41) is 5.05. The second kappa shape index (κ2) is 15.6. The van der Waals surface area contributed by atoms with Crippen LogP contribution in [0.2, 0.25) is 0 Å². The van der Waals surface area contributed by atoms with E-state index in [9.17, 15) is 0 Å². The van der Waals surface area contributed by atoms with Gasteiger partial charge in [-0.25, -0.2) is 0 Å². The van der Waals surface area contributed by atoms with Crippen LogP contribution in [-0.2, 0) is 5.41 Å². The zero-order valence-electron chi connectivity index (χ0n) is 35.3. The molecule has 1 heteroatoms. The molecule has 1 nitrogen and oxygen atoms in total. The molecule has 0 amide bonds. The standard InChI is InChI=1S/C63H43N/c1-4-16-44(17-5-1)45-30-32-46(33-31-45)47-36-39-54(40-37-47)64(55-24-14-19-49(43-55)50-38-41-57-51(42-50)35-34-48-18-10-11-25-56(48)57)61-29-15-28-60-62(61)58-26-12-13-27-59(58)63(60,52-20-6-2-7-21-52)53-22-8-3-9-23-53/h1-43H. The van der Waals surface area contributed by atoms with E-state index in [1.54, 1.807) is 0 Å². The van der Waals surface area contributed by atoms with Crippen molar-refractivity contribution in [2.45, 2.75) is 5.41 Å². The highest BCUT2D eigenvalue weighted by Gasteiger charge is 2.47. The van der Waals surface area contributed by atoms with Gasteiger partial charge in [0, 0.05) is 16.9 Å². The van der Waals surface area contributed by atoms with Crippen molar-refractivity contribution in [3.05, 3.63) is 283 Å². The van der Waals surface area contributed by atoms with Crippen molar-refractivity contribution >= 4 is 38.6 Å². The van der Waals surface area contributed by atoms with Crippen LogP contribution in [0.1, 0.15) is 22.3 Å². The Morgan fingerprint density at radius 3 is 1.50 bits per heavy atom. The van der Waals surface area contributed by atoms with Crippen LogP contribution in [0.25, 0.3) is 66.1 Å². The number of rotatable bonds is 8. The van der Waals surface area contributed by atoms with Gasteiger partial charge in [-0.1, -0.05) is 224 Å². The summed E-state index contributed by atoms with van der Waals surface area (Å²) in [5.41, 5.74) is 17.6. The molecule has 1 aliphatic carbocycles. The largest absolute Gasteiger partial charge is 0.310 e. The Hall–Kier alpha value is -8.26. The van der Waals surface area contributed by atoms with Gasteiger partial charge in [-0.05, 0) is 119 Å². The lowest BCUT2D eigenvalue weighted by molar-refractivity contribution is 0.768. The topological polar surface area (TPSA) is 3.24 Å². The maximum Gasteiger partial charge on any atom is 0.0714 e. The first-order chi connectivity index (χ1) is 31.7. The Morgan fingerprint density at radius 2 is 0.781 bits per heavy atom. The zero-order chi connectivity index (χ0) is 42.5. The van der Waals surface area contributed by atoms with Gasteiger partial charge >= 0.3 is 0 Å². The van der Waals surface area contributed by atoms with Crippen LogP contribution in [0.15, 0.2) is 261 Å². The third kappa shape index (κ3) is 6.16. The van der Waals surface area contributed by atoms with Crippen LogP contribution in [0, 0.1) is 0 Å². The summed E-state index contributed by atoms with van der Waals surface area (Å²) in [6.07, 6.45) is 0. The molecule has 0 atom stereocenters. The summed E-state index contributed by atoms with van der Waals surface area (Å²) in [6, 6.07) is 95.8. The Bertz CT molecular complexity index is 3420. The maximum atomic E-state index is 2.47. The molecule has 11 aromatic rings. The third-order valence-corrected chi connectivity index (χ3v) is 13.3. The van der Waals surface area contributed by atoms with Crippen molar-refractivity contribution in [1.82, 2.24) is 0 Å². The minimum Gasteiger partial charge on any atom is -0.310 e. The lowest BCUT2D eigenvalue weighted by atomic mass is 9.68. The highest BCUT2D eigenvalue weighted by atomic mass is 15.1. The third-order valence-electron chi connectivity index (χ3n) is 13.3. The van der Waals surface area contributed by atoms with E-state index in [1.807, 2.05) is 0 Å². The van der Waals surface area contributed by atoms with Gasteiger partial charge in [0.05, 0.1) is 11.1 Å². The van der Waals surface area contributed by atoms with Crippen molar-refractivity contribution in [3.8, 4) is 44.5 Å². The number of hydrogen-bond donors (Lipinski definition) is 0. The smallest absolute Gasteiger partial charge is 0.0714 e. The molecular weight excluding hydrogens is 771 g/mol. The lowest BCUT2D eigenvalue weighted by Gasteiger charge is -2.34. The average molecular weight is 814 g/mol. The van der Waals surface area contributed by atoms with E-state index >= 15 is 0 Å². The van der Waals surface area contributed by atoms with Crippen molar-refractivity contribution in [2.24, 2.45) is 0 Å². The fourth-order valence-electron chi connectivity index (χ4n) is 10.4. The Labute approximate surface area is 374 Å². The van der Waals surface area contributed by atoms with E-state index < -0.39 is 5.41 Å². The Morgan fingerprint density at radius 1 is 0.281 bits per heavy atom. The van der Waals surface area contributed by atoms with Crippen LogP contribution < -0.4 is 4.90 Å². The van der Waals surface area contributed by atoms with Crippen molar-refractivity contribution in [1.29, 1.82) is 0 Å². The van der Waals surface area contributed by atoms with Gasteiger partial charge in [0.15, 0.2) is 0 Å². The highest BCUT2D eigenvalue weighted by molar-refractivity contribution is 6.08. The van der Waals surface area contributed by atoms with Crippen molar-refractivity contribution in [2.75, 3.05) is 4.90 Å². The van der Waals surface area contributed by atoms with E-state index in [4.69, 9.17) is 0 Å². The number of benzene rings is 11. The summed E-state index contributed by atoms with van der Waals surface area (Å²) in [7, 11) is 0. The molecule has 64 heavy (non-hydrogen) atoms. The fourth-order valence-corrected chi connectivity index (χ4v) is 10.4. The number of anilines is 3. The Balaban J connectivity index is 1.04. The van der Waals surface area contributed by atoms with Gasteiger partial charge in [0.25, 0.3) is 0 Å². The van der Waals surface area contributed by atoms with Gasteiger partial charge in [-0.15, -0.1) is 0 Å². The lowest BCUT2D eigenvalue weighted by Crippen LogP contribution is -2.28. The average Bonchev–Trinajstić information content (AvgIpc) is 3.69. The number of fused-ring (bicyclic) bond motifs is 6. The summed E-state index contributed by atoms with van der Waals surface area (Å²) >= 11 is 0. The molecule has 0 unspecified atom stereocenters. The fraction of sp³-hybridized carbons (Fsp3) is 0.0159. The molecule has 0 aromatic heterocycles. The molecule has 0 fully saturated rings. The molecule has 1 aliphatic rings. The molecule has 0 saturated carbocycles. The molecule has 11 aromatic carbocycles. The van der Waals surface area contributed by atoms with Gasteiger partial charge in [-0.2, -0.15) is 0 Å². The molecule has 0 heterocycles. The van der Waals surface area contributed by atoms with Crippen LogP contribution in [0.3, 0.4) is 0 Å². The van der Waals surface area contributed by atoms with Gasteiger partial charge in [0.2, 0.25) is 0 Å². The molecule has 12 rings (SSSR count). The van der Waals surface area contributed by atoms with Crippen molar-refractivity contribution in [3.63, 3.8) is 0 Å². The first kappa shape index (κ1) is 37.5. The Kier molecular flexibility index (Phi) is 9.13. The van der Waals surface area contributed by atoms with Gasteiger partial charge < -0.3 is 4.90 Å². The van der Waals surface area contributed by atoms with Crippen molar-refractivity contribution < 1.29 is 0 Å². The monoisotopic (exact) mass is 813 g/mol. The first-order valence-corrected chi connectivity index (χ1v) is 22.2. The summed E-state index contributed by atoms with van der Waals surface area (Å²) < 4.78 is 0. The summed E-state index contributed by atoms with van der Waals surface area (Å²) in [5.74, 6) is 0. The van der Waals surface area contributed by atoms with E-state index in [0.29, 0.717) is 0 Å². The molecule has 0 aliphatic heterocycles. The van der Waals surface area contributed by atoms with Crippen LogP contribution in [-0.4, -0.2) is 0 Å². The highest BCUT2D eigenvalue weighted by Crippen LogP contribution is 2.59. The SMILES string of the molecule is c1ccc(-c2ccc(-c3ccc(N(c4cccc(-c5ccc6c(ccc7ccccc76)c5)c4)c4cccc5c4-c4ccccc4C5(c4ccccc4)c4ccccc4)cc3)cc2)cc1. The second-order valence-corrected chi connectivity index (χ2v) is 16.8. The van der Waals surface area contributed by atoms with Gasteiger partial charge in [0.1, 0.15) is 0 Å². The molecular formula is C63H43N. The van der Waals surface area contributed by atoms with E-state index in [1.165, 1.54) is 88.3 Å². The summed E-state index contributed by atoms with van der Waals surface area (Å²) in [6.45, 7) is 0. The quantitative estimate of drug-likeness (QED) is 0.138. The molecule has 0 bridgehead atoms. The number of hydrogen-bond acceptors (Lipinski definition) is 1. The summed E-state index contributed by atoms with van der Waals surface area (Å²) in [4.78, 5) is 2.47. The van der Waals surface area contributed by atoms with E-state index in [0.717, 1.165) is 17.1 Å². The van der Waals surface area contributed by atoms with Gasteiger partial charge in [-0.3, -0.25) is 0 Å². The minimum atomic E-state index is -0.511. The second-order valence-electron chi connectivity index (χ2n) is 16.8. The van der Waals surface area contributed by atoms with Crippen LogP contribution in [0.4, 0.5) is 17.1 Å². The molecule has 0 saturated heterocycles. The van der Waals surface area contributed by atoms with E-state index in [-0.39, 0.29) is 0 Å². The maximum absolute atomic E-state index is 2.47. The predicted octanol–water partition coefficient (Wildman–Crippen LogP) is 16.8. The zero-order valence-corrected chi connectivity index (χ0v) is 35.3. The normalized spacial score (nSPS) is 12.5.